The third kappa shape index (κ3) is 4.26. The zero-order valence-electron chi connectivity index (χ0n) is 18.0. The lowest BCUT2D eigenvalue weighted by Crippen LogP contribution is -2.27. The lowest BCUT2D eigenvalue weighted by Gasteiger charge is -2.13. The summed E-state index contributed by atoms with van der Waals surface area (Å²) < 4.78 is 1.49. The molecule has 5 rings (SSSR count). The summed E-state index contributed by atoms with van der Waals surface area (Å²) >= 11 is 2.69. The number of benzene rings is 1. The smallest absolute Gasteiger partial charge is 0.270 e. The van der Waals surface area contributed by atoms with E-state index in [2.05, 4.69) is 9.97 Å². The highest BCUT2D eigenvalue weighted by molar-refractivity contribution is 7.99. The van der Waals surface area contributed by atoms with Gasteiger partial charge in [0.1, 0.15) is 10.5 Å². The van der Waals surface area contributed by atoms with Crippen molar-refractivity contribution < 1.29 is 9.59 Å². The summed E-state index contributed by atoms with van der Waals surface area (Å²) in [5, 5.41) is 1.07. The molecule has 1 amide bonds. The Bertz CT molecular complexity index is 1400. The van der Waals surface area contributed by atoms with Crippen molar-refractivity contribution in [2.24, 2.45) is 7.05 Å². The van der Waals surface area contributed by atoms with E-state index in [4.69, 9.17) is 0 Å². The molecular weight excluding hydrogens is 456 g/mol. The Kier molecular flexibility index (Phi) is 5.90. The Labute approximate surface area is 198 Å². The highest BCUT2D eigenvalue weighted by Crippen LogP contribution is 2.32. The van der Waals surface area contributed by atoms with Crippen molar-refractivity contribution in [1.82, 2.24) is 19.4 Å². The predicted octanol–water partition coefficient (Wildman–Crippen LogP) is 4.20. The molecule has 7 nitrogen and oxygen atoms in total. The maximum atomic E-state index is 12.9. The molecule has 0 unspecified atom stereocenters. The molecule has 1 fully saturated rings. The number of fused-ring (bicyclic) bond motifs is 1. The van der Waals surface area contributed by atoms with Crippen LogP contribution in [0.3, 0.4) is 0 Å². The number of hydrogen-bond acceptors (Lipinski definition) is 6. The number of likely N-dealkylation sites (tertiary alicyclic amines) is 1. The Morgan fingerprint density at radius 1 is 1.15 bits per heavy atom. The molecule has 1 aromatic carbocycles. The highest BCUT2D eigenvalue weighted by Gasteiger charge is 2.22. The van der Waals surface area contributed by atoms with Crippen molar-refractivity contribution in [1.29, 1.82) is 0 Å². The quantitative estimate of drug-likeness (QED) is 0.255. The van der Waals surface area contributed by atoms with Crippen LogP contribution >= 0.6 is 23.1 Å². The minimum Gasteiger partial charge on any atom is -0.356 e. The molecule has 0 spiro atoms. The van der Waals surface area contributed by atoms with Gasteiger partial charge in [0.15, 0.2) is 10.9 Å². The average molecular weight is 479 g/mol. The normalized spacial score (nSPS) is 13.7. The molecular formula is C24H22N4O3S2. The molecule has 1 N–H and O–H groups in total. The Balaban J connectivity index is 1.33. The molecule has 0 atom stereocenters. The molecule has 0 radical (unpaired) electrons. The van der Waals surface area contributed by atoms with E-state index >= 15 is 0 Å². The first kappa shape index (κ1) is 21.7. The second-order valence-electron chi connectivity index (χ2n) is 7.97. The van der Waals surface area contributed by atoms with Gasteiger partial charge < -0.3 is 9.88 Å². The van der Waals surface area contributed by atoms with E-state index in [9.17, 15) is 14.4 Å². The van der Waals surface area contributed by atoms with Crippen LogP contribution < -0.4 is 5.56 Å². The van der Waals surface area contributed by atoms with E-state index in [1.165, 1.54) is 27.7 Å². The molecule has 33 heavy (non-hydrogen) atoms. The number of carbonyl (C=O) groups is 2. The molecule has 0 bridgehead atoms. The number of hydrogen-bond donors (Lipinski definition) is 1. The van der Waals surface area contributed by atoms with Gasteiger partial charge in [-0.05, 0) is 30.5 Å². The van der Waals surface area contributed by atoms with Crippen molar-refractivity contribution in [3.63, 3.8) is 0 Å². The maximum absolute atomic E-state index is 12.9. The molecule has 0 aliphatic carbocycles. The third-order valence-electron chi connectivity index (χ3n) is 5.75. The van der Waals surface area contributed by atoms with Crippen molar-refractivity contribution in [2.45, 2.75) is 18.0 Å². The number of nitrogens with zero attached hydrogens (tertiary/aromatic N) is 3. The first-order chi connectivity index (χ1) is 16.0. The van der Waals surface area contributed by atoms with Crippen LogP contribution in [0.15, 0.2) is 58.6 Å². The van der Waals surface area contributed by atoms with Gasteiger partial charge in [-0.1, -0.05) is 42.1 Å². The van der Waals surface area contributed by atoms with Crippen LogP contribution in [0, 0.1) is 0 Å². The predicted molar refractivity (Wildman–Crippen MR) is 131 cm³/mol. The second kappa shape index (κ2) is 8.99. The SMILES string of the molecule is Cn1c(SCC(=O)c2c[nH]c(C(=O)N3CCCC3)c2)nc2sc(-c3ccccc3)cc2c1=O. The fourth-order valence-electron chi connectivity index (χ4n) is 3.90. The van der Waals surface area contributed by atoms with Gasteiger partial charge in [0, 0.05) is 36.8 Å². The largest absolute Gasteiger partial charge is 0.356 e. The number of aromatic nitrogens is 3. The van der Waals surface area contributed by atoms with Crippen LogP contribution in [0.2, 0.25) is 0 Å². The van der Waals surface area contributed by atoms with Crippen molar-refractivity contribution in [2.75, 3.05) is 18.8 Å². The summed E-state index contributed by atoms with van der Waals surface area (Å²) in [5.74, 6) is -0.0689. The molecule has 9 heteroatoms. The van der Waals surface area contributed by atoms with Crippen LogP contribution in [0.5, 0.6) is 0 Å². The molecule has 3 aromatic heterocycles. The second-order valence-corrected chi connectivity index (χ2v) is 9.94. The van der Waals surface area contributed by atoms with Crippen LogP contribution in [-0.4, -0.2) is 50.0 Å². The number of thioether (sulfide) groups is 1. The molecule has 1 saturated heterocycles. The minimum atomic E-state index is -0.131. The summed E-state index contributed by atoms with van der Waals surface area (Å²) in [5.41, 5.74) is 1.80. The van der Waals surface area contributed by atoms with Gasteiger partial charge in [0.05, 0.1) is 11.1 Å². The van der Waals surface area contributed by atoms with Gasteiger partial charge in [-0.3, -0.25) is 19.0 Å². The summed E-state index contributed by atoms with van der Waals surface area (Å²) in [4.78, 5) is 49.2. The van der Waals surface area contributed by atoms with Crippen LogP contribution in [0.25, 0.3) is 20.7 Å². The molecule has 1 aliphatic rings. The average Bonchev–Trinajstić information content (AvgIpc) is 3.61. The number of ketones is 1. The van der Waals surface area contributed by atoms with Gasteiger partial charge in [0.2, 0.25) is 0 Å². The Hall–Kier alpha value is -3.17. The van der Waals surface area contributed by atoms with Gasteiger partial charge >= 0.3 is 0 Å². The summed E-state index contributed by atoms with van der Waals surface area (Å²) in [6.07, 6.45) is 3.61. The zero-order valence-corrected chi connectivity index (χ0v) is 19.7. The molecule has 0 saturated carbocycles. The van der Waals surface area contributed by atoms with Crippen LogP contribution in [0.1, 0.15) is 33.7 Å². The number of carbonyl (C=O) groups excluding carboxylic acids is 2. The van der Waals surface area contributed by atoms with E-state index in [1.54, 1.807) is 24.2 Å². The molecule has 168 valence electrons. The van der Waals surface area contributed by atoms with E-state index in [1.807, 2.05) is 36.4 Å². The number of aromatic amines is 1. The first-order valence-corrected chi connectivity index (χ1v) is 12.5. The Morgan fingerprint density at radius 2 is 1.91 bits per heavy atom. The van der Waals surface area contributed by atoms with Crippen LogP contribution in [0.4, 0.5) is 0 Å². The third-order valence-corrected chi connectivity index (χ3v) is 7.86. The number of nitrogens with one attached hydrogen (secondary N) is 1. The number of H-pyrrole nitrogens is 1. The van der Waals surface area contributed by atoms with Gasteiger partial charge in [-0.15, -0.1) is 11.3 Å². The van der Waals surface area contributed by atoms with Crippen molar-refractivity contribution in [3.05, 3.63) is 70.3 Å². The Morgan fingerprint density at radius 3 is 2.67 bits per heavy atom. The standard InChI is InChI=1S/C24H22N4O3S2/c1-27-22(30)17-12-20(15-7-3-2-4-8-15)33-21(17)26-24(27)32-14-19(29)16-11-18(25-13-16)23(31)28-9-5-6-10-28/h2-4,7-8,11-13,25H,5-6,9-10,14H2,1H3. The lowest BCUT2D eigenvalue weighted by molar-refractivity contribution is 0.0787. The summed E-state index contributed by atoms with van der Waals surface area (Å²) in [7, 11) is 1.67. The van der Waals surface area contributed by atoms with Gasteiger partial charge in [-0.25, -0.2) is 4.98 Å². The van der Waals surface area contributed by atoms with E-state index in [-0.39, 0.29) is 23.0 Å². The molecule has 4 aromatic rings. The fourth-order valence-corrected chi connectivity index (χ4v) is 5.85. The summed E-state index contributed by atoms with van der Waals surface area (Å²) in [6, 6.07) is 13.4. The molecule has 4 heterocycles. The van der Waals surface area contributed by atoms with E-state index in [0.29, 0.717) is 26.6 Å². The number of amides is 1. The monoisotopic (exact) mass is 478 g/mol. The lowest BCUT2D eigenvalue weighted by atomic mass is 10.2. The van der Waals surface area contributed by atoms with Crippen molar-refractivity contribution >= 4 is 45.0 Å². The van der Waals surface area contributed by atoms with E-state index in [0.717, 1.165) is 36.4 Å². The minimum absolute atomic E-state index is 0.0689. The van der Waals surface area contributed by atoms with Crippen LogP contribution in [-0.2, 0) is 7.05 Å². The number of rotatable bonds is 6. The van der Waals surface area contributed by atoms with E-state index < -0.39 is 0 Å². The summed E-state index contributed by atoms with van der Waals surface area (Å²) in [6.45, 7) is 1.52. The van der Waals surface area contributed by atoms with Crippen molar-refractivity contribution in [3.8, 4) is 10.4 Å². The number of thiophene rings is 1. The topological polar surface area (TPSA) is 88.1 Å². The fraction of sp³-hybridized carbons (Fsp3) is 0.250. The highest BCUT2D eigenvalue weighted by atomic mass is 32.2. The number of Topliss-reactive ketones (excluding diaryl/α,β-unsaturated/α-hetero) is 1. The maximum Gasteiger partial charge on any atom is 0.270 e. The van der Waals surface area contributed by atoms with Gasteiger partial charge in [-0.2, -0.15) is 0 Å². The molecule has 1 aliphatic heterocycles. The first-order valence-electron chi connectivity index (χ1n) is 10.7. The zero-order chi connectivity index (χ0) is 22.9. The van der Waals surface area contributed by atoms with Gasteiger partial charge in [0.25, 0.3) is 11.5 Å².